The maximum atomic E-state index is 12.7. The molecule has 0 amide bonds. The van der Waals surface area contributed by atoms with Crippen molar-refractivity contribution >= 4 is 17.2 Å². The van der Waals surface area contributed by atoms with Crippen LogP contribution in [0.1, 0.15) is 57.5 Å². The first-order valence-corrected chi connectivity index (χ1v) is 8.64. The van der Waals surface area contributed by atoms with Gasteiger partial charge in [0.25, 0.3) is 0 Å². The largest absolute Gasteiger partial charge is 0.289 e. The van der Waals surface area contributed by atoms with E-state index in [1.165, 1.54) is 10.1 Å². The lowest BCUT2D eigenvalue weighted by Gasteiger charge is -2.31. The number of nitrogens with zero attached hydrogens (tertiary/aromatic N) is 2. The van der Waals surface area contributed by atoms with Gasteiger partial charge in [-0.15, -0.1) is 0 Å². The summed E-state index contributed by atoms with van der Waals surface area (Å²) in [5.41, 5.74) is 1.49. The van der Waals surface area contributed by atoms with E-state index in [1.54, 1.807) is 48.5 Å². The van der Waals surface area contributed by atoms with Gasteiger partial charge in [0.05, 0.1) is 22.5 Å². The summed E-state index contributed by atoms with van der Waals surface area (Å²) in [5, 5.41) is 22.7. The van der Waals surface area contributed by atoms with Gasteiger partial charge < -0.3 is 0 Å². The number of hydrogen-bond donors (Lipinski definition) is 2. The van der Waals surface area contributed by atoms with Gasteiger partial charge in [0, 0.05) is 11.1 Å². The van der Waals surface area contributed by atoms with Gasteiger partial charge in [-0.2, -0.15) is 0 Å². The molecule has 0 saturated heterocycles. The average molecular weight is 356 g/mol. The van der Waals surface area contributed by atoms with E-state index >= 15 is 0 Å². The number of hydrogen-bond acceptors (Lipinski definition) is 5. The summed E-state index contributed by atoms with van der Waals surface area (Å²) in [5.74, 6) is -0.108. The summed E-state index contributed by atoms with van der Waals surface area (Å²) in [6.45, 7) is 11.4. The van der Waals surface area contributed by atoms with E-state index in [2.05, 4.69) is 0 Å². The van der Waals surface area contributed by atoms with Crippen LogP contribution in [-0.4, -0.2) is 27.3 Å². The van der Waals surface area contributed by atoms with E-state index in [-0.39, 0.29) is 5.78 Å². The molecule has 26 heavy (non-hydrogen) atoms. The van der Waals surface area contributed by atoms with Crippen molar-refractivity contribution in [1.82, 2.24) is 0 Å². The Morgan fingerprint density at radius 1 is 0.654 bits per heavy atom. The zero-order valence-corrected chi connectivity index (χ0v) is 16.3. The van der Waals surface area contributed by atoms with E-state index in [4.69, 9.17) is 0 Å². The Morgan fingerprint density at radius 2 is 0.923 bits per heavy atom. The van der Waals surface area contributed by atoms with Gasteiger partial charge in [-0.25, -0.2) is 0 Å². The molecule has 2 N–H and O–H groups in total. The van der Waals surface area contributed by atoms with E-state index in [1.807, 2.05) is 41.5 Å². The molecule has 140 valence electrons. The lowest BCUT2D eigenvalue weighted by molar-refractivity contribution is 0.103. The van der Waals surface area contributed by atoms with Crippen LogP contribution in [-0.2, 0) is 0 Å². The quantitative estimate of drug-likeness (QED) is 0.602. The molecule has 2 aromatic rings. The van der Waals surface area contributed by atoms with E-state index in [0.717, 1.165) is 0 Å². The van der Waals surface area contributed by atoms with Crippen LogP contribution in [0.15, 0.2) is 48.5 Å². The van der Waals surface area contributed by atoms with Crippen molar-refractivity contribution in [2.45, 2.75) is 52.6 Å². The van der Waals surface area contributed by atoms with Crippen LogP contribution >= 0.6 is 0 Å². The number of carbonyl (C=O) groups is 1. The summed E-state index contributed by atoms with van der Waals surface area (Å²) in [6, 6.07) is 13.7. The molecule has 5 nitrogen and oxygen atoms in total. The summed E-state index contributed by atoms with van der Waals surface area (Å²) >= 11 is 0. The van der Waals surface area contributed by atoms with Crippen molar-refractivity contribution in [3.8, 4) is 0 Å². The highest BCUT2D eigenvalue weighted by molar-refractivity contribution is 6.09. The maximum absolute atomic E-state index is 12.7. The zero-order chi connectivity index (χ0) is 19.7. The molecule has 0 saturated carbocycles. The Balaban J connectivity index is 2.19. The Kier molecular flexibility index (Phi) is 5.44. The molecular formula is C21H28N2O3. The van der Waals surface area contributed by atoms with Crippen molar-refractivity contribution in [3.05, 3.63) is 59.7 Å². The van der Waals surface area contributed by atoms with Crippen LogP contribution in [0.2, 0.25) is 0 Å². The highest BCUT2D eigenvalue weighted by Gasteiger charge is 2.21. The number of hydroxylamine groups is 2. The monoisotopic (exact) mass is 356 g/mol. The second kappa shape index (κ2) is 7.09. The van der Waals surface area contributed by atoms with Crippen LogP contribution in [0.25, 0.3) is 0 Å². The highest BCUT2D eigenvalue weighted by Crippen LogP contribution is 2.24. The molecular weight excluding hydrogens is 328 g/mol. The molecule has 0 aliphatic carbocycles. The highest BCUT2D eigenvalue weighted by atomic mass is 16.5. The van der Waals surface area contributed by atoms with Crippen molar-refractivity contribution in [2.75, 3.05) is 10.1 Å². The predicted molar refractivity (Wildman–Crippen MR) is 104 cm³/mol. The Hall–Kier alpha value is -2.37. The Morgan fingerprint density at radius 3 is 1.15 bits per heavy atom. The first kappa shape index (κ1) is 19.9. The van der Waals surface area contributed by atoms with Crippen LogP contribution < -0.4 is 10.1 Å². The number of ketones is 1. The molecule has 2 rings (SSSR count). The summed E-state index contributed by atoms with van der Waals surface area (Å²) < 4.78 is 0. The molecule has 5 heteroatoms. The first-order valence-electron chi connectivity index (χ1n) is 8.64. The molecule has 0 spiro atoms. The fourth-order valence-electron chi connectivity index (χ4n) is 2.45. The Labute approximate surface area is 155 Å². The molecule has 2 aromatic carbocycles. The third-order valence-corrected chi connectivity index (χ3v) is 4.02. The van der Waals surface area contributed by atoms with Gasteiger partial charge in [0.1, 0.15) is 0 Å². The van der Waals surface area contributed by atoms with Crippen LogP contribution in [0.4, 0.5) is 11.4 Å². The van der Waals surface area contributed by atoms with Crippen molar-refractivity contribution in [1.29, 1.82) is 0 Å². The topological polar surface area (TPSA) is 64.0 Å². The second-order valence-corrected chi connectivity index (χ2v) is 8.39. The van der Waals surface area contributed by atoms with Crippen molar-refractivity contribution in [3.63, 3.8) is 0 Å². The molecule has 0 aliphatic heterocycles. The normalized spacial score (nSPS) is 12.0. The fraction of sp³-hybridized carbons (Fsp3) is 0.381. The molecule has 0 fully saturated rings. The minimum Gasteiger partial charge on any atom is -0.289 e. The standard InChI is InChI=1S/C21H28N2O3/c1-20(2,3)22(25)17-11-7-15(8-12-17)19(24)16-9-13-18(14-10-16)23(26)21(4,5)6/h7-14,25-26H,1-6H3. The smallest absolute Gasteiger partial charge is 0.193 e. The van der Waals surface area contributed by atoms with E-state index < -0.39 is 11.1 Å². The van der Waals surface area contributed by atoms with Gasteiger partial charge in [-0.3, -0.25) is 25.3 Å². The van der Waals surface area contributed by atoms with Gasteiger partial charge in [-0.05, 0) is 90.1 Å². The number of anilines is 2. The van der Waals surface area contributed by atoms with E-state index in [0.29, 0.717) is 22.5 Å². The zero-order valence-electron chi connectivity index (χ0n) is 16.3. The summed E-state index contributed by atoms with van der Waals surface area (Å²) in [4.78, 5) is 12.7. The Bertz CT molecular complexity index is 688. The number of carbonyl (C=O) groups excluding carboxylic acids is 1. The van der Waals surface area contributed by atoms with Crippen LogP contribution in [0, 0.1) is 0 Å². The SMILES string of the molecule is CC(C)(C)N(O)c1ccc(C(=O)c2ccc(N(O)C(C)(C)C)cc2)cc1. The molecule has 0 aromatic heterocycles. The van der Waals surface area contributed by atoms with Gasteiger partial charge in [-0.1, -0.05) is 0 Å². The predicted octanol–water partition coefficient (Wildman–Crippen LogP) is 4.91. The fourth-order valence-corrected chi connectivity index (χ4v) is 2.45. The lowest BCUT2D eigenvalue weighted by Crippen LogP contribution is -2.38. The minimum atomic E-state index is -0.426. The van der Waals surface area contributed by atoms with Crippen LogP contribution in [0.3, 0.4) is 0 Å². The molecule has 0 atom stereocenters. The van der Waals surface area contributed by atoms with Crippen LogP contribution in [0.5, 0.6) is 0 Å². The van der Waals surface area contributed by atoms with Gasteiger partial charge in [0.15, 0.2) is 5.78 Å². The molecule has 0 radical (unpaired) electrons. The van der Waals surface area contributed by atoms with Crippen molar-refractivity contribution in [2.24, 2.45) is 0 Å². The molecule has 0 heterocycles. The first-order chi connectivity index (χ1) is 11.9. The molecule has 0 aliphatic rings. The second-order valence-electron chi connectivity index (χ2n) is 8.39. The van der Waals surface area contributed by atoms with E-state index in [9.17, 15) is 15.2 Å². The average Bonchev–Trinajstić information content (AvgIpc) is 2.58. The third kappa shape index (κ3) is 4.42. The lowest BCUT2D eigenvalue weighted by atomic mass is 10.0. The summed E-state index contributed by atoms with van der Waals surface area (Å²) in [7, 11) is 0. The van der Waals surface area contributed by atoms with Gasteiger partial charge >= 0.3 is 0 Å². The summed E-state index contributed by atoms with van der Waals surface area (Å²) in [6.07, 6.45) is 0. The molecule has 0 unspecified atom stereocenters. The maximum Gasteiger partial charge on any atom is 0.193 e. The molecule has 0 bridgehead atoms. The van der Waals surface area contributed by atoms with Crippen molar-refractivity contribution < 1.29 is 15.2 Å². The van der Waals surface area contributed by atoms with Gasteiger partial charge in [0.2, 0.25) is 0 Å². The number of benzene rings is 2. The number of rotatable bonds is 4. The minimum absolute atomic E-state index is 0.108. The third-order valence-electron chi connectivity index (χ3n) is 4.02.